The number of benzene rings is 2. The normalized spacial score (nSPS) is 12.3. The lowest BCUT2D eigenvalue weighted by molar-refractivity contribution is 0.198. The van der Waals surface area contributed by atoms with Gasteiger partial charge < -0.3 is 10.0 Å². The Morgan fingerprint density at radius 1 is 1.11 bits per heavy atom. The molecule has 0 aromatic heterocycles. The second-order valence-electron chi connectivity index (χ2n) is 4.42. The van der Waals surface area contributed by atoms with Crippen LogP contribution >= 0.6 is 15.9 Å². The van der Waals surface area contributed by atoms with E-state index in [1.165, 1.54) is 12.1 Å². The molecule has 0 aliphatic carbocycles. The molecule has 19 heavy (non-hydrogen) atoms. The standard InChI is InChI=1S/C15H15BrFNO/c1-10(19)14-8-7-13(9-15(14)16)18(2)12-5-3-11(17)4-6-12/h3-10,19H,1-2H3. The van der Waals surface area contributed by atoms with Gasteiger partial charge in [-0.1, -0.05) is 22.0 Å². The first-order valence-corrected chi connectivity index (χ1v) is 6.75. The van der Waals surface area contributed by atoms with Crippen LogP contribution in [0.5, 0.6) is 0 Å². The topological polar surface area (TPSA) is 23.5 Å². The number of aliphatic hydroxyl groups excluding tert-OH is 1. The van der Waals surface area contributed by atoms with Crippen LogP contribution in [0.15, 0.2) is 46.9 Å². The van der Waals surface area contributed by atoms with Crippen LogP contribution in [-0.2, 0) is 0 Å². The van der Waals surface area contributed by atoms with Gasteiger partial charge in [0.15, 0.2) is 0 Å². The summed E-state index contributed by atoms with van der Waals surface area (Å²) in [5, 5.41) is 9.60. The number of rotatable bonds is 3. The van der Waals surface area contributed by atoms with E-state index in [-0.39, 0.29) is 5.82 Å². The van der Waals surface area contributed by atoms with Crippen LogP contribution in [0.1, 0.15) is 18.6 Å². The zero-order valence-electron chi connectivity index (χ0n) is 10.8. The van der Waals surface area contributed by atoms with Crippen LogP contribution in [-0.4, -0.2) is 12.2 Å². The second-order valence-corrected chi connectivity index (χ2v) is 5.27. The van der Waals surface area contributed by atoms with Gasteiger partial charge >= 0.3 is 0 Å². The van der Waals surface area contributed by atoms with Gasteiger partial charge in [-0.25, -0.2) is 4.39 Å². The van der Waals surface area contributed by atoms with Crippen molar-refractivity contribution in [1.82, 2.24) is 0 Å². The van der Waals surface area contributed by atoms with Crippen molar-refractivity contribution >= 4 is 27.3 Å². The smallest absolute Gasteiger partial charge is 0.123 e. The maximum Gasteiger partial charge on any atom is 0.123 e. The maximum absolute atomic E-state index is 12.9. The fourth-order valence-corrected chi connectivity index (χ4v) is 2.58. The van der Waals surface area contributed by atoms with Crippen LogP contribution in [0.25, 0.3) is 0 Å². The zero-order valence-corrected chi connectivity index (χ0v) is 12.4. The lowest BCUT2D eigenvalue weighted by Crippen LogP contribution is -2.09. The molecule has 0 amide bonds. The molecule has 0 saturated carbocycles. The van der Waals surface area contributed by atoms with E-state index in [0.29, 0.717) is 0 Å². The Morgan fingerprint density at radius 2 is 1.68 bits per heavy atom. The number of halogens is 2. The summed E-state index contributed by atoms with van der Waals surface area (Å²) in [6.07, 6.45) is -0.514. The van der Waals surface area contributed by atoms with E-state index >= 15 is 0 Å². The van der Waals surface area contributed by atoms with Gasteiger partial charge in [-0.3, -0.25) is 0 Å². The molecule has 0 spiro atoms. The van der Waals surface area contributed by atoms with Gasteiger partial charge in [0.2, 0.25) is 0 Å². The minimum Gasteiger partial charge on any atom is -0.389 e. The number of hydrogen-bond donors (Lipinski definition) is 1. The highest BCUT2D eigenvalue weighted by molar-refractivity contribution is 9.10. The minimum atomic E-state index is -0.514. The van der Waals surface area contributed by atoms with Gasteiger partial charge in [-0.15, -0.1) is 0 Å². The summed E-state index contributed by atoms with van der Waals surface area (Å²) in [7, 11) is 1.91. The third kappa shape index (κ3) is 3.14. The molecule has 0 aliphatic rings. The third-order valence-electron chi connectivity index (χ3n) is 3.04. The van der Waals surface area contributed by atoms with Crippen molar-refractivity contribution in [2.45, 2.75) is 13.0 Å². The van der Waals surface area contributed by atoms with Crippen molar-refractivity contribution < 1.29 is 9.50 Å². The van der Waals surface area contributed by atoms with Gasteiger partial charge in [0.25, 0.3) is 0 Å². The Balaban J connectivity index is 2.31. The zero-order chi connectivity index (χ0) is 14.0. The number of aliphatic hydroxyl groups is 1. The predicted molar refractivity (Wildman–Crippen MR) is 79.2 cm³/mol. The average molecular weight is 324 g/mol. The van der Waals surface area contributed by atoms with E-state index in [2.05, 4.69) is 15.9 Å². The first-order valence-electron chi connectivity index (χ1n) is 5.96. The highest BCUT2D eigenvalue weighted by Crippen LogP contribution is 2.30. The summed E-state index contributed by atoms with van der Waals surface area (Å²) in [5.41, 5.74) is 2.71. The molecule has 2 nitrogen and oxygen atoms in total. The van der Waals surface area contributed by atoms with Crippen LogP contribution in [0.3, 0.4) is 0 Å². The number of hydrogen-bond acceptors (Lipinski definition) is 2. The molecule has 1 atom stereocenters. The molecule has 100 valence electrons. The first kappa shape index (κ1) is 14.0. The third-order valence-corrected chi connectivity index (χ3v) is 3.72. The van der Waals surface area contributed by atoms with Crippen molar-refractivity contribution in [3.05, 3.63) is 58.3 Å². The van der Waals surface area contributed by atoms with E-state index in [1.807, 2.05) is 30.1 Å². The quantitative estimate of drug-likeness (QED) is 0.904. The van der Waals surface area contributed by atoms with E-state index in [1.54, 1.807) is 19.1 Å². The Hall–Kier alpha value is -1.39. The van der Waals surface area contributed by atoms with Gasteiger partial charge in [-0.2, -0.15) is 0 Å². The molecular formula is C15H15BrFNO. The summed E-state index contributed by atoms with van der Waals surface area (Å²) in [6, 6.07) is 12.1. The van der Waals surface area contributed by atoms with Crippen molar-refractivity contribution in [1.29, 1.82) is 0 Å². The first-order chi connectivity index (χ1) is 8.99. The van der Waals surface area contributed by atoms with Crippen LogP contribution < -0.4 is 4.90 Å². The van der Waals surface area contributed by atoms with Crippen LogP contribution in [0.4, 0.5) is 15.8 Å². The van der Waals surface area contributed by atoms with E-state index in [4.69, 9.17) is 0 Å². The van der Waals surface area contributed by atoms with Gasteiger partial charge in [0.1, 0.15) is 5.82 Å². The summed E-state index contributed by atoms with van der Waals surface area (Å²) in [5.74, 6) is -0.247. The van der Waals surface area contributed by atoms with Gasteiger partial charge in [-0.05, 0) is 48.9 Å². The fraction of sp³-hybridized carbons (Fsp3) is 0.200. The van der Waals surface area contributed by atoms with Crippen molar-refractivity contribution in [3.63, 3.8) is 0 Å². The van der Waals surface area contributed by atoms with Gasteiger partial charge in [0.05, 0.1) is 6.10 Å². The highest BCUT2D eigenvalue weighted by Gasteiger charge is 2.10. The molecule has 2 aromatic carbocycles. The van der Waals surface area contributed by atoms with E-state index in [9.17, 15) is 9.50 Å². The van der Waals surface area contributed by atoms with Crippen molar-refractivity contribution in [2.75, 3.05) is 11.9 Å². The summed E-state index contributed by atoms with van der Waals surface area (Å²) in [6.45, 7) is 1.73. The molecule has 2 aromatic rings. The van der Waals surface area contributed by atoms with Crippen molar-refractivity contribution in [3.8, 4) is 0 Å². The average Bonchev–Trinajstić information content (AvgIpc) is 2.38. The fourth-order valence-electron chi connectivity index (χ4n) is 1.88. The van der Waals surface area contributed by atoms with Crippen molar-refractivity contribution in [2.24, 2.45) is 0 Å². The molecule has 1 unspecified atom stereocenters. The minimum absolute atomic E-state index is 0.247. The Labute approximate surface area is 120 Å². The molecule has 4 heteroatoms. The van der Waals surface area contributed by atoms with Gasteiger partial charge in [0, 0.05) is 22.9 Å². The maximum atomic E-state index is 12.9. The highest BCUT2D eigenvalue weighted by atomic mass is 79.9. The van der Waals surface area contributed by atoms with E-state index in [0.717, 1.165) is 21.4 Å². The molecule has 2 rings (SSSR count). The molecule has 1 N–H and O–H groups in total. The molecule has 0 radical (unpaired) electrons. The Morgan fingerprint density at radius 3 is 2.21 bits per heavy atom. The number of nitrogens with zero attached hydrogens (tertiary/aromatic N) is 1. The number of anilines is 2. The Bertz CT molecular complexity index is 569. The summed E-state index contributed by atoms with van der Waals surface area (Å²) >= 11 is 3.45. The Kier molecular flexibility index (Phi) is 4.22. The molecule has 0 aliphatic heterocycles. The molecule has 0 fully saturated rings. The molecule has 0 saturated heterocycles. The lowest BCUT2D eigenvalue weighted by Gasteiger charge is -2.21. The van der Waals surface area contributed by atoms with E-state index < -0.39 is 6.10 Å². The largest absolute Gasteiger partial charge is 0.389 e. The molecule has 0 bridgehead atoms. The van der Waals surface area contributed by atoms with Crippen LogP contribution in [0, 0.1) is 5.82 Å². The molecular weight excluding hydrogens is 309 g/mol. The second kappa shape index (κ2) is 5.72. The monoisotopic (exact) mass is 323 g/mol. The summed E-state index contributed by atoms with van der Waals surface area (Å²) in [4.78, 5) is 1.95. The molecule has 0 heterocycles. The SMILES string of the molecule is CC(O)c1ccc(N(C)c2ccc(F)cc2)cc1Br. The van der Waals surface area contributed by atoms with Crippen LogP contribution in [0.2, 0.25) is 0 Å². The lowest BCUT2D eigenvalue weighted by atomic mass is 10.1. The summed E-state index contributed by atoms with van der Waals surface area (Å²) < 4.78 is 13.8. The predicted octanol–water partition coefficient (Wildman–Crippen LogP) is 4.41.